The monoisotopic (exact) mass is 227 g/mol. The molecule has 3 N–H and O–H groups in total. The van der Waals surface area contributed by atoms with E-state index in [2.05, 4.69) is 36.5 Å². The summed E-state index contributed by atoms with van der Waals surface area (Å²) < 4.78 is 0. The number of thiazole rings is 1. The lowest BCUT2D eigenvalue weighted by Crippen LogP contribution is -2.46. The fourth-order valence-electron chi connectivity index (χ4n) is 1.17. The summed E-state index contributed by atoms with van der Waals surface area (Å²) in [5.41, 5.74) is 7.04. The SMILES string of the molecule is CCC(C)(N)CNC(C)c1nc(C)cs1. The van der Waals surface area contributed by atoms with Crippen LogP contribution in [-0.4, -0.2) is 17.1 Å². The molecule has 1 rings (SSSR count). The largest absolute Gasteiger partial charge is 0.324 e. The molecule has 2 atom stereocenters. The van der Waals surface area contributed by atoms with Gasteiger partial charge in [0.05, 0.1) is 6.04 Å². The molecule has 0 amide bonds. The van der Waals surface area contributed by atoms with Gasteiger partial charge in [-0.15, -0.1) is 11.3 Å². The molecule has 3 nitrogen and oxygen atoms in total. The Bertz CT molecular complexity index is 307. The number of aryl methyl sites for hydroxylation is 1. The van der Waals surface area contributed by atoms with E-state index in [4.69, 9.17) is 5.73 Å². The van der Waals surface area contributed by atoms with E-state index in [9.17, 15) is 0 Å². The van der Waals surface area contributed by atoms with Crippen LogP contribution in [0.5, 0.6) is 0 Å². The summed E-state index contributed by atoms with van der Waals surface area (Å²) in [5.74, 6) is 0. The molecule has 4 heteroatoms. The van der Waals surface area contributed by atoms with Crippen LogP contribution in [0, 0.1) is 6.92 Å². The fourth-order valence-corrected chi connectivity index (χ4v) is 2.00. The lowest BCUT2D eigenvalue weighted by atomic mass is 10.0. The van der Waals surface area contributed by atoms with Gasteiger partial charge in [0.25, 0.3) is 0 Å². The number of nitrogens with zero attached hydrogens (tertiary/aromatic N) is 1. The van der Waals surface area contributed by atoms with Crippen LogP contribution in [0.1, 0.15) is 43.9 Å². The minimum atomic E-state index is -0.124. The molecule has 86 valence electrons. The minimum Gasteiger partial charge on any atom is -0.324 e. The Balaban J connectivity index is 2.46. The van der Waals surface area contributed by atoms with Gasteiger partial charge in [0, 0.05) is 23.2 Å². The zero-order chi connectivity index (χ0) is 11.5. The predicted octanol–water partition coefficient (Wildman–Crippen LogP) is 2.23. The van der Waals surface area contributed by atoms with Crippen molar-refractivity contribution in [3.8, 4) is 0 Å². The summed E-state index contributed by atoms with van der Waals surface area (Å²) in [6.07, 6.45) is 0.976. The van der Waals surface area contributed by atoms with E-state index >= 15 is 0 Å². The van der Waals surface area contributed by atoms with E-state index in [0.29, 0.717) is 0 Å². The van der Waals surface area contributed by atoms with E-state index in [1.807, 2.05) is 6.92 Å². The van der Waals surface area contributed by atoms with E-state index in [-0.39, 0.29) is 11.6 Å². The molecule has 1 aromatic rings. The molecular formula is C11H21N3S. The zero-order valence-electron chi connectivity index (χ0n) is 10.0. The molecule has 15 heavy (non-hydrogen) atoms. The molecule has 0 saturated carbocycles. The topological polar surface area (TPSA) is 50.9 Å². The molecule has 0 saturated heterocycles. The molecule has 1 aromatic heterocycles. The maximum atomic E-state index is 6.07. The first-order chi connectivity index (χ1) is 6.94. The first-order valence-corrected chi connectivity index (χ1v) is 6.27. The molecule has 0 aromatic carbocycles. The molecule has 1 heterocycles. The van der Waals surface area contributed by atoms with E-state index in [1.165, 1.54) is 0 Å². The molecule has 0 spiro atoms. The molecule has 0 aliphatic carbocycles. The van der Waals surface area contributed by atoms with Gasteiger partial charge in [0.1, 0.15) is 5.01 Å². The van der Waals surface area contributed by atoms with Gasteiger partial charge in [-0.2, -0.15) is 0 Å². The van der Waals surface area contributed by atoms with Crippen molar-refractivity contribution >= 4 is 11.3 Å². The Labute approximate surface area is 96.1 Å². The van der Waals surface area contributed by atoms with Crippen LogP contribution in [0.2, 0.25) is 0 Å². The number of hydrogen-bond acceptors (Lipinski definition) is 4. The predicted molar refractivity (Wildman–Crippen MR) is 66.2 cm³/mol. The zero-order valence-corrected chi connectivity index (χ0v) is 10.8. The van der Waals surface area contributed by atoms with Crippen molar-refractivity contribution in [3.05, 3.63) is 16.1 Å². The van der Waals surface area contributed by atoms with Crippen LogP contribution in [-0.2, 0) is 0 Å². The van der Waals surface area contributed by atoms with E-state index in [1.54, 1.807) is 11.3 Å². The number of rotatable bonds is 5. The molecule has 2 unspecified atom stereocenters. The van der Waals surface area contributed by atoms with Gasteiger partial charge in [-0.1, -0.05) is 6.92 Å². The molecular weight excluding hydrogens is 206 g/mol. The molecule has 0 fully saturated rings. The number of aromatic nitrogens is 1. The van der Waals surface area contributed by atoms with Crippen molar-refractivity contribution in [3.63, 3.8) is 0 Å². The van der Waals surface area contributed by atoms with Gasteiger partial charge < -0.3 is 11.1 Å². The van der Waals surface area contributed by atoms with Gasteiger partial charge in [0.2, 0.25) is 0 Å². The lowest BCUT2D eigenvalue weighted by Gasteiger charge is -2.25. The Hall–Kier alpha value is -0.450. The Morgan fingerprint density at radius 1 is 1.67 bits per heavy atom. The summed E-state index contributed by atoms with van der Waals surface area (Å²) in [4.78, 5) is 4.45. The first-order valence-electron chi connectivity index (χ1n) is 5.39. The molecule has 0 radical (unpaired) electrons. The average molecular weight is 227 g/mol. The summed E-state index contributed by atoms with van der Waals surface area (Å²) in [6, 6.07) is 0.290. The second-order valence-electron chi connectivity index (χ2n) is 4.44. The van der Waals surface area contributed by atoms with Crippen molar-refractivity contribution in [2.75, 3.05) is 6.54 Å². The minimum absolute atomic E-state index is 0.124. The maximum Gasteiger partial charge on any atom is 0.110 e. The van der Waals surface area contributed by atoms with Gasteiger partial charge in [-0.05, 0) is 27.2 Å². The van der Waals surface area contributed by atoms with Crippen molar-refractivity contribution < 1.29 is 0 Å². The number of hydrogen-bond donors (Lipinski definition) is 2. The smallest absolute Gasteiger partial charge is 0.110 e. The van der Waals surface area contributed by atoms with Gasteiger partial charge >= 0.3 is 0 Å². The average Bonchev–Trinajstić information content (AvgIpc) is 2.61. The summed E-state index contributed by atoms with van der Waals surface area (Å²) in [5, 5.41) is 6.64. The van der Waals surface area contributed by atoms with Gasteiger partial charge in [-0.3, -0.25) is 0 Å². The Morgan fingerprint density at radius 3 is 2.80 bits per heavy atom. The fraction of sp³-hybridized carbons (Fsp3) is 0.727. The third-order valence-electron chi connectivity index (χ3n) is 2.63. The van der Waals surface area contributed by atoms with Crippen LogP contribution in [0.15, 0.2) is 5.38 Å². The molecule has 0 bridgehead atoms. The van der Waals surface area contributed by atoms with Crippen LogP contribution < -0.4 is 11.1 Å². The normalized spacial score (nSPS) is 17.4. The highest BCUT2D eigenvalue weighted by molar-refractivity contribution is 7.09. The summed E-state index contributed by atoms with van der Waals surface area (Å²) in [7, 11) is 0. The third kappa shape index (κ3) is 3.89. The van der Waals surface area contributed by atoms with Crippen LogP contribution in [0.3, 0.4) is 0 Å². The van der Waals surface area contributed by atoms with Gasteiger partial charge in [-0.25, -0.2) is 4.98 Å². The van der Waals surface area contributed by atoms with Crippen LogP contribution in [0.25, 0.3) is 0 Å². The highest BCUT2D eigenvalue weighted by atomic mass is 32.1. The highest BCUT2D eigenvalue weighted by Crippen LogP contribution is 2.17. The highest BCUT2D eigenvalue weighted by Gasteiger charge is 2.17. The van der Waals surface area contributed by atoms with Gasteiger partial charge in [0.15, 0.2) is 0 Å². The van der Waals surface area contributed by atoms with Crippen LogP contribution >= 0.6 is 11.3 Å². The van der Waals surface area contributed by atoms with Crippen molar-refractivity contribution in [1.82, 2.24) is 10.3 Å². The standard InChI is InChI=1S/C11H21N3S/c1-5-11(4,12)7-13-9(3)10-14-8(2)6-15-10/h6,9,13H,5,7,12H2,1-4H3. The molecule has 0 aliphatic rings. The third-order valence-corrected chi connectivity index (χ3v) is 3.77. The van der Waals surface area contributed by atoms with E-state index in [0.717, 1.165) is 23.7 Å². The quantitative estimate of drug-likeness (QED) is 0.811. The van der Waals surface area contributed by atoms with Crippen molar-refractivity contribution in [2.45, 2.75) is 45.7 Å². The lowest BCUT2D eigenvalue weighted by molar-refractivity contribution is 0.393. The second kappa shape index (κ2) is 5.05. The Morgan fingerprint density at radius 2 is 2.33 bits per heavy atom. The summed E-state index contributed by atoms with van der Waals surface area (Å²) >= 11 is 1.70. The van der Waals surface area contributed by atoms with Crippen molar-refractivity contribution in [1.29, 1.82) is 0 Å². The summed E-state index contributed by atoms with van der Waals surface area (Å²) in [6.45, 7) is 9.15. The second-order valence-corrected chi connectivity index (χ2v) is 5.33. The maximum absolute atomic E-state index is 6.07. The van der Waals surface area contributed by atoms with Crippen molar-refractivity contribution in [2.24, 2.45) is 5.73 Å². The molecule has 0 aliphatic heterocycles. The first kappa shape index (κ1) is 12.6. The van der Waals surface area contributed by atoms with E-state index < -0.39 is 0 Å². The van der Waals surface area contributed by atoms with Crippen LogP contribution in [0.4, 0.5) is 0 Å². The number of nitrogens with one attached hydrogen (secondary N) is 1. The Kier molecular flexibility index (Phi) is 4.25. The number of nitrogens with two attached hydrogens (primary N) is 1.